The Kier molecular flexibility index (Phi) is 8.85. The van der Waals surface area contributed by atoms with Gasteiger partial charge in [0.25, 0.3) is 0 Å². The molecule has 3 N–H and O–H groups in total. The molecule has 1 amide bonds. The zero-order valence-electron chi connectivity index (χ0n) is 24.5. The van der Waals surface area contributed by atoms with E-state index in [1.807, 2.05) is 48.5 Å². The summed E-state index contributed by atoms with van der Waals surface area (Å²) in [5.74, 6) is -1.26. The molecular weight excluding hydrogens is 520 g/mol. The number of likely N-dealkylation sites (tertiary alicyclic amines) is 1. The SMILES string of the molecule is CC1(C)CC2CC(C)(CN2CC2CC(c3ccc(CO)cc3)OC(c3ccc(CNC(=O)CCC(=O)O)cc3)O2)C1. The first-order chi connectivity index (χ1) is 19.5. The number of hydrogen-bond acceptors (Lipinski definition) is 6. The molecule has 2 saturated heterocycles. The lowest BCUT2D eigenvalue weighted by molar-refractivity contribution is -0.253. The quantitative estimate of drug-likeness (QED) is 0.368. The number of nitrogens with one attached hydrogen (secondary N) is 1. The van der Waals surface area contributed by atoms with Gasteiger partial charge in [-0.05, 0) is 46.8 Å². The van der Waals surface area contributed by atoms with Gasteiger partial charge in [-0.2, -0.15) is 0 Å². The van der Waals surface area contributed by atoms with E-state index in [0.29, 0.717) is 23.4 Å². The third-order valence-corrected chi connectivity index (χ3v) is 8.88. The number of nitrogens with zero attached hydrogens (tertiary/aromatic N) is 1. The lowest BCUT2D eigenvalue weighted by Crippen LogP contribution is -2.42. The van der Waals surface area contributed by atoms with E-state index in [4.69, 9.17) is 14.6 Å². The van der Waals surface area contributed by atoms with E-state index >= 15 is 0 Å². The minimum atomic E-state index is -0.983. The van der Waals surface area contributed by atoms with Gasteiger partial charge in [-0.1, -0.05) is 69.3 Å². The normalized spacial score (nSPS) is 29.3. The Morgan fingerprint density at radius 3 is 2.32 bits per heavy atom. The molecule has 0 radical (unpaired) electrons. The van der Waals surface area contributed by atoms with Gasteiger partial charge >= 0.3 is 5.97 Å². The fourth-order valence-electron chi connectivity index (χ4n) is 7.39. The van der Waals surface area contributed by atoms with Gasteiger partial charge in [0.1, 0.15) is 0 Å². The van der Waals surface area contributed by atoms with Crippen molar-refractivity contribution in [1.82, 2.24) is 10.2 Å². The summed E-state index contributed by atoms with van der Waals surface area (Å²) in [6.07, 6.45) is 3.64. The number of hydrogen-bond donors (Lipinski definition) is 3. The van der Waals surface area contributed by atoms with Crippen molar-refractivity contribution < 1.29 is 29.3 Å². The predicted molar refractivity (Wildman–Crippen MR) is 155 cm³/mol. The first kappa shape index (κ1) is 29.7. The third-order valence-electron chi connectivity index (χ3n) is 8.88. The summed E-state index contributed by atoms with van der Waals surface area (Å²) in [5.41, 5.74) is 4.51. The van der Waals surface area contributed by atoms with Crippen LogP contribution in [0.5, 0.6) is 0 Å². The van der Waals surface area contributed by atoms with Crippen LogP contribution in [0.3, 0.4) is 0 Å². The van der Waals surface area contributed by atoms with Crippen molar-refractivity contribution >= 4 is 11.9 Å². The Hall–Kier alpha value is -2.78. The molecule has 3 aliphatic rings. The summed E-state index contributed by atoms with van der Waals surface area (Å²) < 4.78 is 13.2. The minimum Gasteiger partial charge on any atom is -0.481 e. The van der Waals surface area contributed by atoms with E-state index < -0.39 is 12.3 Å². The van der Waals surface area contributed by atoms with Gasteiger partial charge in [0.15, 0.2) is 6.29 Å². The standard InChI is InChI=1S/C33H44N2O6/c1-32(2)15-26-16-33(3,20-32)21-35(26)18-27-14-28(24-8-6-23(19-36)7-9-24)41-31(40-27)25-10-4-22(5-11-25)17-34-29(37)12-13-30(38)39/h4-11,26-28,31,36H,12-21H2,1-3H3,(H,34,37)(H,38,39). The predicted octanol–water partition coefficient (Wildman–Crippen LogP) is 5.11. The van der Waals surface area contributed by atoms with Gasteiger partial charge in [-0.25, -0.2) is 0 Å². The molecule has 2 aromatic carbocycles. The summed E-state index contributed by atoms with van der Waals surface area (Å²) >= 11 is 0. The van der Waals surface area contributed by atoms with E-state index in [1.165, 1.54) is 19.3 Å². The number of aliphatic hydroxyl groups excluding tert-OH is 1. The van der Waals surface area contributed by atoms with Crippen LogP contribution in [0.4, 0.5) is 0 Å². The average molecular weight is 565 g/mol. The lowest BCUT2D eigenvalue weighted by Gasteiger charge is -2.41. The van der Waals surface area contributed by atoms with Gasteiger partial charge in [0.2, 0.25) is 5.91 Å². The topological polar surface area (TPSA) is 108 Å². The molecule has 2 aliphatic heterocycles. The van der Waals surface area contributed by atoms with Crippen LogP contribution in [0.15, 0.2) is 48.5 Å². The molecule has 2 aromatic rings. The molecule has 8 heteroatoms. The Balaban J connectivity index is 1.28. The van der Waals surface area contributed by atoms with E-state index in [0.717, 1.165) is 41.8 Å². The van der Waals surface area contributed by atoms with Crippen molar-refractivity contribution in [2.24, 2.45) is 10.8 Å². The average Bonchev–Trinajstić information content (AvgIpc) is 3.17. The van der Waals surface area contributed by atoms with Crippen LogP contribution in [0, 0.1) is 10.8 Å². The number of aliphatic carboxylic acids is 1. The van der Waals surface area contributed by atoms with Crippen molar-refractivity contribution in [2.45, 2.75) is 97.0 Å². The summed E-state index contributed by atoms with van der Waals surface area (Å²) in [4.78, 5) is 25.3. The zero-order valence-corrected chi connectivity index (χ0v) is 24.5. The number of carbonyl (C=O) groups excluding carboxylic acids is 1. The summed E-state index contributed by atoms with van der Waals surface area (Å²) in [7, 11) is 0. The van der Waals surface area contributed by atoms with Crippen molar-refractivity contribution in [3.63, 3.8) is 0 Å². The highest BCUT2D eigenvalue weighted by Gasteiger charge is 2.50. The Labute approximate surface area is 243 Å². The van der Waals surface area contributed by atoms with Gasteiger partial charge in [0.05, 0.1) is 25.2 Å². The highest BCUT2D eigenvalue weighted by atomic mass is 16.7. The molecule has 1 aliphatic carbocycles. The Morgan fingerprint density at radius 1 is 0.951 bits per heavy atom. The maximum Gasteiger partial charge on any atom is 0.303 e. The first-order valence-electron chi connectivity index (χ1n) is 14.8. The fourth-order valence-corrected chi connectivity index (χ4v) is 7.39. The number of rotatable bonds is 10. The monoisotopic (exact) mass is 564 g/mol. The second-order valence-electron chi connectivity index (χ2n) is 13.4. The highest BCUT2D eigenvalue weighted by molar-refractivity contribution is 5.80. The van der Waals surface area contributed by atoms with Gasteiger partial charge in [-0.15, -0.1) is 0 Å². The molecular formula is C33H44N2O6. The van der Waals surface area contributed by atoms with Crippen LogP contribution in [-0.4, -0.2) is 52.2 Å². The van der Waals surface area contributed by atoms with Crippen molar-refractivity contribution in [1.29, 1.82) is 0 Å². The van der Waals surface area contributed by atoms with E-state index in [2.05, 4.69) is 31.0 Å². The van der Waals surface area contributed by atoms with E-state index in [1.54, 1.807) is 0 Å². The van der Waals surface area contributed by atoms with E-state index in [9.17, 15) is 14.7 Å². The summed E-state index contributed by atoms with van der Waals surface area (Å²) in [6.45, 7) is 9.57. The molecule has 1 saturated carbocycles. The number of aliphatic hydroxyl groups is 1. The number of amides is 1. The summed E-state index contributed by atoms with van der Waals surface area (Å²) in [6, 6.07) is 16.4. The zero-order chi connectivity index (χ0) is 29.2. The second kappa shape index (κ2) is 12.2. The molecule has 0 spiro atoms. The molecule has 8 nitrogen and oxygen atoms in total. The van der Waals surface area contributed by atoms with Crippen molar-refractivity contribution in [2.75, 3.05) is 13.1 Å². The molecule has 2 bridgehead atoms. The largest absolute Gasteiger partial charge is 0.481 e. The molecule has 222 valence electrons. The molecule has 5 unspecified atom stereocenters. The third kappa shape index (κ3) is 7.55. The number of ether oxygens (including phenoxy) is 2. The van der Waals surface area contributed by atoms with Gasteiger partial charge in [0, 0.05) is 44.1 Å². The molecule has 5 rings (SSSR count). The molecule has 3 fully saturated rings. The van der Waals surface area contributed by atoms with Crippen LogP contribution >= 0.6 is 0 Å². The number of carbonyl (C=O) groups is 2. The van der Waals surface area contributed by atoms with Gasteiger partial charge < -0.3 is 25.0 Å². The first-order valence-corrected chi connectivity index (χ1v) is 14.8. The summed E-state index contributed by atoms with van der Waals surface area (Å²) in [5, 5.41) is 21.0. The maximum absolute atomic E-state index is 11.9. The molecule has 2 heterocycles. The smallest absolute Gasteiger partial charge is 0.303 e. The lowest BCUT2D eigenvalue weighted by atomic mass is 9.65. The molecule has 5 atom stereocenters. The van der Waals surface area contributed by atoms with Crippen LogP contribution in [0.2, 0.25) is 0 Å². The van der Waals surface area contributed by atoms with Crippen molar-refractivity contribution in [3.8, 4) is 0 Å². The number of carboxylic acids is 1. The molecule has 41 heavy (non-hydrogen) atoms. The van der Waals surface area contributed by atoms with Gasteiger partial charge in [-0.3, -0.25) is 14.5 Å². The number of carboxylic acid groups (broad SMARTS) is 1. The Bertz CT molecular complexity index is 1210. The number of benzene rings is 2. The maximum atomic E-state index is 11.9. The molecule has 0 aromatic heterocycles. The highest BCUT2D eigenvalue weighted by Crippen LogP contribution is 2.53. The van der Waals surface area contributed by atoms with Crippen LogP contribution in [0.1, 0.15) is 93.9 Å². The minimum absolute atomic E-state index is 0.00975. The fraction of sp³-hybridized carbons (Fsp3) is 0.576. The van der Waals surface area contributed by atoms with Crippen LogP contribution in [0.25, 0.3) is 0 Å². The van der Waals surface area contributed by atoms with Crippen LogP contribution in [-0.2, 0) is 32.2 Å². The van der Waals surface area contributed by atoms with E-state index in [-0.39, 0.29) is 37.6 Å². The van der Waals surface area contributed by atoms with Crippen LogP contribution < -0.4 is 5.32 Å². The Morgan fingerprint density at radius 2 is 1.63 bits per heavy atom. The van der Waals surface area contributed by atoms with Crippen molar-refractivity contribution in [3.05, 3.63) is 70.8 Å². The number of fused-ring (bicyclic) bond motifs is 2. The second-order valence-corrected chi connectivity index (χ2v) is 13.4.